The third-order valence-electron chi connectivity index (χ3n) is 5.29. The third-order valence-corrected chi connectivity index (χ3v) is 6.52. The third kappa shape index (κ3) is 2.98. The Bertz CT molecular complexity index is 1300. The zero-order chi connectivity index (χ0) is 20.0. The van der Waals surface area contributed by atoms with Crippen LogP contribution in [-0.4, -0.2) is 20.6 Å². The number of aryl methyl sites for hydroxylation is 1. The lowest BCUT2D eigenvalue weighted by atomic mass is 9.95. The molecule has 0 aliphatic carbocycles. The van der Waals surface area contributed by atoms with Crippen molar-refractivity contribution in [1.29, 1.82) is 0 Å². The number of para-hydroxylation sites is 1. The number of carbonyl (C=O) groups is 1. The molecule has 5 heteroatoms. The van der Waals surface area contributed by atoms with E-state index in [0.717, 1.165) is 16.6 Å². The molecule has 1 aliphatic heterocycles. The van der Waals surface area contributed by atoms with Crippen molar-refractivity contribution in [1.82, 2.24) is 9.55 Å². The molecule has 2 heterocycles. The highest BCUT2D eigenvalue weighted by atomic mass is 32.2. The number of ketones is 1. The Labute approximate surface area is 172 Å². The molecule has 1 aromatic heterocycles. The normalized spacial score (nSPS) is 18.0. The Morgan fingerprint density at radius 2 is 1.72 bits per heavy atom. The minimum absolute atomic E-state index is 0.0455. The van der Waals surface area contributed by atoms with E-state index in [1.54, 1.807) is 6.07 Å². The maximum atomic E-state index is 13.5. The molecule has 0 radical (unpaired) electrons. The molecule has 0 fully saturated rings. The molecule has 1 aliphatic rings. The quantitative estimate of drug-likeness (QED) is 0.372. The van der Waals surface area contributed by atoms with Crippen molar-refractivity contribution in [2.45, 2.75) is 23.4 Å². The smallest absolute Gasteiger partial charge is 0.281 e. The molecule has 0 spiro atoms. The van der Waals surface area contributed by atoms with Gasteiger partial charge in [-0.3, -0.25) is 9.59 Å². The summed E-state index contributed by atoms with van der Waals surface area (Å²) >= 11 is 1.38. The van der Waals surface area contributed by atoms with E-state index in [0.29, 0.717) is 16.1 Å². The molecular formula is C24H18N2O2S. The number of Topliss-reactive ketones (excluding diaryl/α,β-unsaturated/α-hetero) is 1. The van der Waals surface area contributed by atoms with Gasteiger partial charge in [-0.1, -0.05) is 84.1 Å². The van der Waals surface area contributed by atoms with Crippen molar-refractivity contribution in [2.75, 3.05) is 0 Å². The number of nitrogens with zero attached hydrogens (tertiary/aromatic N) is 2. The Hall–Kier alpha value is -3.18. The summed E-state index contributed by atoms with van der Waals surface area (Å²) in [6.07, 6.45) is 0. The van der Waals surface area contributed by atoms with Crippen LogP contribution in [0.1, 0.15) is 27.5 Å². The van der Waals surface area contributed by atoms with Crippen LogP contribution in [0.2, 0.25) is 0 Å². The fourth-order valence-corrected chi connectivity index (χ4v) is 5.31. The Balaban J connectivity index is 1.75. The highest BCUT2D eigenvalue weighted by molar-refractivity contribution is 8.00. The summed E-state index contributed by atoms with van der Waals surface area (Å²) in [5, 5.41) is 0.772. The Morgan fingerprint density at radius 1 is 0.966 bits per heavy atom. The molecule has 29 heavy (non-hydrogen) atoms. The molecule has 0 saturated heterocycles. The van der Waals surface area contributed by atoms with E-state index in [9.17, 15) is 9.59 Å². The second-order valence-corrected chi connectivity index (χ2v) is 8.32. The number of aromatic nitrogens is 2. The fraction of sp³-hybridized carbons (Fsp3) is 0.125. The number of thioether (sulfide) groups is 1. The number of rotatable bonds is 3. The zero-order valence-corrected chi connectivity index (χ0v) is 16.6. The van der Waals surface area contributed by atoms with Crippen molar-refractivity contribution < 1.29 is 4.79 Å². The largest absolute Gasteiger partial charge is 0.311 e. The van der Waals surface area contributed by atoms with Crippen LogP contribution < -0.4 is 5.56 Å². The number of benzene rings is 3. The molecule has 0 unspecified atom stereocenters. The Kier molecular flexibility index (Phi) is 4.32. The number of fused-ring (bicyclic) bond motifs is 3. The molecule has 0 bridgehead atoms. The average Bonchev–Trinajstić information content (AvgIpc) is 3.13. The molecule has 0 N–H and O–H groups in total. The molecule has 0 amide bonds. The molecule has 3 aromatic carbocycles. The number of hydrogen-bond donors (Lipinski definition) is 0. The van der Waals surface area contributed by atoms with E-state index in [-0.39, 0.29) is 17.4 Å². The van der Waals surface area contributed by atoms with Crippen molar-refractivity contribution >= 4 is 28.4 Å². The summed E-state index contributed by atoms with van der Waals surface area (Å²) in [6.45, 7) is 2.04. The van der Waals surface area contributed by atoms with E-state index >= 15 is 0 Å². The standard InChI is InChI=1S/C24H18N2O2S/c1-15-8-7-11-17(14-15)20-22(21(27)16-9-3-2-4-10-16)29-24-25-23(28)18-12-5-6-13-19(18)26(20)24/h2-14,20,22H,1H3/t20-,22+/m0/s1. The second kappa shape index (κ2) is 7.01. The van der Waals surface area contributed by atoms with Gasteiger partial charge in [0.2, 0.25) is 0 Å². The lowest BCUT2D eigenvalue weighted by Gasteiger charge is -2.22. The molecule has 5 rings (SSSR count). The maximum absolute atomic E-state index is 13.5. The van der Waals surface area contributed by atoms with Crippen molar-refractivity contribution in [3.05, 3.63) is 106 Å². The van der Waals surface area contributed by atoms with Gasteiger partial charge in [0.1, 0.15) is 5.25 Å². The van der Waals surface area contributed by atoms with Crippen LogP contribution in [0.25, 0.3) is 10.9 Å². The number of carbonyl (C=O) groups excluding carboxylic acids is 1. The zero-order valence-electron chi connectivity index (χ0n) is 15.8. The van der Waals surface area contributed by atoms with Gasteiger partial charge in [-0.05, 0) is 24.6 Å². The lowest BCUT2D eigenvalue weighted by molar-refractivity contribution is 0.0979. The Morgan fingerprint density at radius 3 is 2.52 bits per heavy atom. The minimum Gasteiger partial charge on any atom is -0.311 e. The van der Waals surface area contributed by atoms with E-state index in [1.807, 2.05) is 73.7 Å². The van der Waals surface area contributed by atoms with Gasteiger partial charge in [-0.25, -0.2) is 0 Å². The van der Waals surface area contributed by atoms with Gasteiger partial charge < -0.3 is 4.57 Å². The summed E-state index contributed by atoms with van der Waals surface area (Å²) in [5.74, 6) is 0.0455. The van der Waals surface area contributed by atoms with Gasteiger partial charge in [-0.15, -0.1) is 0 Å². The first kappa shape index (κ1) is 17.9. The first-order chi connectivity index (χ1) is 14.1. The summed E-state index contributed by atoms with van der Waals surface area (Å²) in [6, 6.07) is 24.8. The van der Waals surface area contributed by atoms with Crippen LogP contribution in [0.4, 0.5) is 0 Å². The SMILES string of the molecule is Cc1cccc([C@H]2[C@H](C(=O)c3ccccc3)Sc3nc(=O)c4ccccc4n32)c1. The summed E-state index contributed by atoms with van der Waals surface area (Å²) in [7, 11) is 0. The summed E-state index contributed by atoms with van der Waals surface area (Å²) in [5.41, 5.74) is 3.40. The van der Waals surface area contributed by atoms with E-state index in [4.69, 9.17) is 0 Å². The highest BCUT2D eigenvalue weighted by Gasteiger charge is 2.41. The molecule has 4 nitrogen and oxygen atoms in total. The molecule has 4 aromatic rings. The first-order valence-corrected chi connectivity index (χ1v) is 10.4. The molecular weight excluding hydrogens is 380 g/mol. The van der Waals surface area contributed by atoms with Gasteiger partial charge in [0.05, 0.1) is 16.9 Å². The summed E-state index contributed by atoms with van der Waals surface area (Å²) in [4.78, 5) is 30.3. The van der Waals surface area contributed by atoms with Crippen LogP contribution in [-0.2, 0) is 0 Å². The fourth-order valence-electron chi connectivity index (χ4n) is 3.98. The lowest BCUT2D eigenvalue weighted by Crippen LogP contribution is -2.26. The van der Waals surface area contributed by atoms with Gasteiger partial charge in [0, 0.05) is 5.56 Å². The second-order valence-electron chi connectivity index (χ2n) is 7.21. The average molecular weight is 398 g/mol. The van der Waals surface area contributed by atoms with Crippen molar-refractivity contribution in [3.8, 4) is 0 Å². The van der Waals surface area contributed by atoms with E-state index < -0.39 is 5.25 Å². The van der Waals surface area contributed by atoms with Gasteiger partial charge >= 0.3 is 0 Å². The van der Waals surface area contributed by atoms with Crippen LogP contribution >= 0.6 is 11.8 Å². The maximum Gasteiger partial charge on any atom is 0.281 e. The monoisotopic (exact) mass is 398 g/mol. The van der Waals surface area contributed by atoms with Gasteiger partial charge in [0.25, 0.3) is 5.56 Å². The van der Waals surface area contributed by atoms with E-state index in [2.05, 4.69) is 15.6 Å². The van der Waals surface area contributed by atoms with Crippen LogP contribution in [0, 0.1) is 6.92 Å². The molecule has 142 valence electrons. The van der Waals surface area contributed by atoms with Crippen LogP contribution in [0.3, 0.4) is 0 Å². The van der Waals surface area contributed by atoms with Crippen LogP contribution in [0.15, 0.2) is 88.8 Å². The number of hydrogen-bond acceptors (Lipinski definition) is 4. The first-order valence-electron chi connectivity index (χ1n) is 9.47. The van der Waals surface area contributed by atoms with Gasteiger partial charge in [-0.2, -0.15) is 4.98 Å². The minimum atomic E-state index is -0.392. The highest BCUT2D eigenvalue weighted by Crippen LogP contribution is 2.45. The van der Waals surface area contributed by atoms with E-state index in [1.165, 1.54) is 11.8 Å². The van der Waals surface area contributed by atoms with Crippen LogP contribution in [0.5, 0.6) is 0 Å². The predicted molar refractivity (Wildman–Crippen MR) is 116 cm³/mol. The van der Waals surface area contributed by atoms with Crippen molar-refractivity contribution in [3.63, 3.8) is 0 Å². The topological polar surface area (TPSA) is 52.0 Å². The predicted octanol–water partition coefficient (Wildman–Crippen LogP) is 4.65. The summed E-state index contributed by atoms with van der Waals surface area (Å²) < 4.78 is 2.06. The van der Waals surface area contributed by atoms with Crippen molar-refractivity contribution in [2.24, 2.45) is 0 Å². The van der Waals surface area contributed by atoms with Gasteiger partial charge in [0.15, 0.2) is 10.9 Å². The molecule has 2 atom stereocenters. The molecule has 0 saturated carbocycles.